The van der Waals surface area contributed by atoms with Crippen LogP contribution in [0.3, 0.4) is 0 Å². The zero-order valence-corrected chi connectivity index (χ0v) is 18.1. The van der Waals surface area contributed by atoms with Crippen molar-refractivity contribution >= 4 is 42.6 Å². The minimum Gasteiger partial charge on any atom is -0.298 e. The monoisotopic (exact) mass is 429 g/mol. The molecule has 1 amide bonds. The highest BCUT2D eigenvalue weighted by atomic mass is 32.2. The third kappa shape index (κ3) is 3.92. The number of carbonyl (C=O) groups is 1. The molecule has 0 spiro atoms. The molecule has 0 unspecified atom stereocenters. The predicted molar refractivity (Wildman–Crippen MR) is 116 cm³/mol. The van der Waals surface area contributed by atoms with Crippen LogP contribution in [0.4, 0.5) is 5.13 Å². The first-order chi connectivity index (χ1) is 13.9. The molecule has 6 nitrogen and oxygen atoms in total. The highest BCUT2D eigenvalue weighted by molar-refractivity contribution is 7.89. The minimum atomic E-state index is -3.61. The molecule has 0 bridgehead atoms. The first-order valence-electron chi connectivity index (χ1n) is 9.64. The van der Waals surface area contributed by atoms with E-state index in [0.29, 0.717) is 29.3 Å². The van der Waals surface area contributed by atoms with E-state index in [1.165, 1.54) is 21.7 Å². The van der Waals surface area contributed by atoms with Gasteiger partial charge in [0.2, 0.25) is 10.0 Å². The minimum absolute atomic E-state index is 0.201. The summed E-state index contributed by atoms with van der Waals surface area (Å²) in [4.78, 5) is 17.5. The summed E-state index contributed by atoms with van der Waals surface area (Å²) >= 11 is 1.40. The van der Waals surface area contributed by atoms with Gasteiger partial charge in [-0.2, -0.15) is 4.31 Å². The van der Waals surface area contributed by atoms with Crippen LogP contribution < -0.4 is 5.32 Å². The largest absolute Gasteiger partial charge is 0.298 e. The first kappa shape index (κ1) is 20.0. The highest BCUT2D eigenvalue weighted by Crippen LogP contribution is 2.29. The standard InChI is InChI=1S/C21H23N3O3S2/c1-14-9-10-16(13-18(14)29(26,27)24-11-4-3-5-12-24)20(25)23-21-22-19-15(2)7-6-8-17(19)28-21/h6-10,13H,3-5,11-12H2,1-2H3,(H,22,23,25). The number of fused-ring (bicyclic) bond motifs is 1. The quantitative estimate of drug-likeness (QED) is 0.669. The van der Waals surface area contributed by atoms with E-state index in [1.807, 2.05) is 25.1 Å². The highest BCUT2D eigenvalue weighted by Gasteiger charge is 2.28. The molecule has 3 aromatic rings. The van der Waals surface area contributed by atoms with E-state index >= 15 is 0 Å². The van der Waals surface area contributed by atoms with Crippen LogP contribution in [-0.2, 0) is 10.0 Å². The average Bonchev–Trinajstić information content (AvgIpc) is 3.12. The Bertz CT molecular complexity index is 1180. The number of hydrogen-bond acceptors (Lipinski definition) is 5. The molecule has 1 fully saturated rings. The maximum atomic E-state index is 13.1. The number of rotatable bonds is 4. The molecular weight excluding hydrogens is 406 g/mol. The van der Waals surface area contributed by atoms with Crippen molar-refractivity contribution in [3.05, 3.63) is 53.1 Å². The van der Waals surface area contributed by atoms with Crippen molar-refractivity contribution in [1.29, 1.82) is 0 Å². The molecule has 29 heavy (non-hydrogen) atoms. The van der Waals surface area contributed by atoms with E-state index in [9.17, 15) is 13.2 Å². The number of aromatic nitrogens is 1. The van der Waals surface area contributed by atoms with E-state index in [2.05, 4.69) is 10.3 Å². The van der Waals surface area contributed by atoms with Crippen molar-refractivity contribution in [1.82, 2.24) is 9.29 Å². The lowest BCUT2D eigenvalue weighted by molar-refractivity contribution is 0.102. The molecule has 1 aromatic heterocycles. The van der Waals surface area contributed by atoms with Crippen molar-refractivity contribution < 1.29 is 13.2 Å². The van der Waals surface area contributed by atoms with E-state index < -0.39 is 10.0 Å². The fourth-order valence-electron chi connectivity index (χ4n) is 3.57. The second kappa shape index (κ2) is 7.85. The summed E-state index contributed by atoms with van der Waals surface area (Å²) in [6, 6.07) is 10.7. The molecule has 0 atom stereocenters. The molecule has 4 rings (SSSR count). The molecular formula is C21H23N3O3S2. The number of aryl methyl sites for hydroxylation is 2. The Morgan fingerprint density at radius 1 is 1.07 bits per heavy atom. The van der Waals surface area contributed by atoms with Crippen LogP contribution in [0.25, 0.3) is 10.2 Å². The predicted octanol–water partition coefficient (Wildman–Crippen LogP) is 4.34. The fourth-order valence-corrected chi connectivity index (χ4v) is 6.28. The van der Waals surface area contributed by atoms with Gasteiger partial charge in [0.25, 0.3) is 5.91 Å². The normalized spacial score (nSPS) is 15.5. The Labute approximate surface area is 174 Å². The van der Waals surface area contributed by atoms with Crippen LogP contribution in [0.15, 0.2) is 41.3 Å². The Morgan fingerprint density at radius 2 is 1.83 bits per heavy atom. The van der Waals surface area contributed by atoms with Crippen molar-refractivity contribution in [3.63, 3.8) is 0 Å². The third-order valence-corrected chi connectivity index (χ3v) is 8.20. The van der Waals surface area contributed by atoms with E-state index in [0.717, 1.165) is 35.0 Å². The number of nitrogens with one attached hydrogen (secondary N) is 1. The van der Waals surface area contributed by atoms with Gasteiger partial charge in [-0.1, -0.05) is 36.0 Å². The van der Waals surface area contributed by atoms with Gasteiger partial charge in [0.05, 0.1) is 15.1 Å². The maximum absolute atomic E-state index is 13.1. The second-order valence-corrected chi connectivity index (χ2v) is 10.3. The fraction of sp³-hybridized carbons (Fsp3) is 0.333. The number of para-hydroxylation sites is 1. The van der Waals surface area contributed by atoms with Gasteiger partial charge in [0.15, 0.2) is 5.13 Å². The Morgan fingerprint density at radius 3 is 2.55 bits per heavy atom. The number of carbonyl (C=O) groups excluding carboxylic acids is 1. The number of amides is 1. The van der Waals surface area contributed by atoms with E-state index in [-0.39, 0.29) is 10.8 Å². The molecule has 1 aliphatic rings. The second-order valence-electron chi connectivity index (χ2n) is 7.34. The summed E-state index contributed by atoms with van der Waals surface area (Å²) < 4.78 is 28.7. The van der Waals surface area contributed by atoms with Crippen molar-refractivity contribution in [2.75, 3.05) is 18.4 Å². The lowest BCUT2D eigenvalue weighted by Gasteiger charge is -2.26. The molecule has 2 heterocycles. The maximum Gasteiger partial charge on any atom is 0.257 e. The average molecular weight is 430 g/mol. The smallest absolute Gasteiger partial charge is 0.257 e. The summed E-state index contributed by atoms with van der Waals surface area (Å²) in [6.07, 6.45) is 2.79. The molecule has 2 aromatic carbocycles. The van der Waals surface area contributed by atoms with Crippen LogP contribution in [0.1, 0.15) is 40.7 Å². The van der Waals surface area contributed by atoms with E-state index in [4.69, 9.17) is 0 Å². The van der Waals surface area contributed by atoms with Gasteiger partial charge in [-0.3, -0.25) is 10.1 Å². The van der Waals surface area contributed by atoms with Gasteiger partial charge in [-0.05, 0) is 56.0 Å². The van der Waals surface area contributed by atoms with E-state index in [1.54, 1.807) is 19.1 Å². The van der Waals surface area contributed by atoms with Crippen LogP contribution in [0.5, 0.6) is 0 Å². The summed E-state index contributed by atoms with van der Waals surface area (Å²) in [5.74, 6) is -0.364. The van der Waals surface area contributed by atoms with Gasteiger partial charge in [0.1, 0.15) is 0 Å². The van der Waals surface area contributed by atoms with Gasteiger partial charge in [0, 0.05) is 18.7 Å². The Kier molecular flexibility index (Phi) is 5.42. The van der Waals surface area contributed by atoms with Crippen molar-refractivity contribution in [3.8, 4) is 0 Å². The van der Waals surface area contributed by atoms with Gasteiger partial charge in [-0.25, -0.2) is 13.4 Å². The molecule has 152 valence electrons. The molecule has 1 N–H and O–H groups in total. The van der Waals surface area contributed by atoms with Gasteiger partial charge in [-0.15, -0.1) is 0 Å². The zero-order chi connectivity index (χ0) is 20.6. The summed E-state index contributed by atoms with van der Waals surface area (Å²) in [5, 5.41) is 3.31. The number of piperidine rings is 1. The van der Waals surface area contributed by atoms with Crippen LogP contribution in [0, 0.1) is 13.8 Å². The van der Waals surface area contributed by atoms with Gasteiger partial charge < -0.3 is 0 Å². The Balaban J connectivity index is 1.62. The number of anilines is 1. The number of nitrogens with zero attached hydrogens (tertiary/aromatic N) is 2. The first-order valence-corrected chi connectivity index (χ1v) is 11.9. The molecule has 0 saturated carbocycles. The number of benzene rings is 2. The number of sulfonamides is 1. The summed E-state index contributed by atoms with van der Waals surface area (Å²) in [7, 11) is -3.61. The molecule has 0 radical (unpaired) electrons. The Hall–Kier alpha value is -2.29. The SMILES string of the molecule is Cc1ccc(C(=O)Nc2nc3c(C)cccc3s2)cc1S(=O)(=O)N1CCCCC1. The summed E-state index contributed by atoms with van der Waals surface area (Å²) in [6.45, 7) is 4.80. The van der Waals surface area contributed by atoms with Gasteiger partial charge >= 0.3 is 0 Å². The molecule has 8 heteroatoms. The van der Waals surface area contributed by atoms with Crippen LogP contribution in [0.2, 0.25) is 0 Å². The molecule has 1 saturated heterocycles. The third-order valence-electron chi connectivity index (χ3n) is 5.22. The number of hydrogen-bond donors (Lipinski definition) is 1. The molecule has 1 aliphatic heterocycles. The zero-order valence-electron chi connectivity index (χ0n) is 16.4. The van der Waals surface area contributed by atoms with Crippen molar-refractivity contribution in [2.24, 2.45) is 0 Å². The topological polar surface area (TPSA) is 79.4 Å². The van der Waals surface area contributed by atoms with Crippen LogP contribution in [-0.4, -0.2) is 36.7 Å². The lowest BCUT2D eigenvalue weighted by atomic mass is 10.1. The summed E-state index contributed by atoms with van der Waals surface area (Å²) in [5.41, 5.74) is 2.86. The number of thiazole rings is 1. The van der Waals surface area contributed by atoms with Crippen molar-refractivity contribution in [2.45, 2.75) is 38.0 Å². The lowest BCUT2D eigenvalue weighted by Crippen LogP contribution is -2.36. The molecule has 0 aliphatic carbocycles. The van der Waals surface area contributed by atoms with Crippen LogP contribution >= 0.6 is 11.3 Å².